The molecule has 1 aromatic heterocycles. The van der Waals surface area contributed by atoms with E-state index >= 15 is 0 Å². The Morgan fingerprint density at radius 1 is 1.45 bits per heavy atom. The van der Waals surface area contributed by atoms with Gasteiger partial charge in [-0.05, 0) is 29.7 Å². The minimum Gasteiger partial charge on any atom is -0.381 e. The molecule has 0 radical (unpaired) electrons. The Morgan fingerprint density at radius 3 is 2.95 bits per heavy atom. The van der Waals surface area contributed by atoms with Crippen LogP contribution in [0.25, 0.3) is 0 Å². The summed E-state index contributed by atoms with van der Waals surface area (Å²) in [6.07, 6.45) is 3.57. The van der Waals surface area contributed by atoms with Crippen molar-refractivity contribution in [3.05, 3.63) is 5.82 Å². The van der Waals surface area contributed by atoms with Crippen molar-refractivity contribution in [3.63, 3.8) is 0 Å². The van der Waals surface area contributed by atoms with Gasteiger partial charge in [-0.25, -0.2) is 4.68 Å². The summed E-state index contributed by atoms with van der Waals surface area (Å²) < 4.78 is 7.27. The number of hydrogen-bond donors (Lipinski definition) is 0. The second-order valence-electron chi connectivity index (χ2n) is 5.04. The van der Waals surface area contributed by atoms with Crippen LogP contribution in [0.5, 0.6) is 0 Å². The third-order valence-electron chi connectivity index (χ3n) is 3.60. The van der Waals surface area contributed by atoms with Crippen LogP contribution < -0.4 is 0 Å². The molecular weight excluding hydrogens is 256 g/mol. The van der Waals surface area contributed by atoms with Crippen LogP contribution in [0.2, 0.25) is 0 Å². The van der Waals surface area contributed by atoms with Gasteiger partial charge in [0.1, 0.15) is 0 Å². The third kappa shape index (κ3) is 3.99. The zero-order chi connectivity index (χ0) is 14.2. The Labute approximate surface area is 119 Å². The Kier molecular flexibility index (Phi) is 5.89. The first-order valence-electron chi connectivity index (χ1n) is 7.29. The second kappa shape index (κ2) is 7.92. The van der Waals surface area contributed by atoms with Crippen molar-refractivity contribution >= 4 is 0 Å². The Bertz CT molecular complexity index is 434. The molecule has 0 spiro atoms. The number of ether oxygens (including phenoxy) is 1. The number of rotatable bonds is 7. The number of nitriles is 1. The molecule has 20 heavy (non-hydrogen) atoms. The fourth-order valence-electron chi connectivity index (χ4n) is 2.54. The molecule has 1 aliphatic heterocycles. The van der Waals surface area contributed by atoms with E-state index in [4.69, 9.17) is 10.00 Å². The lowest BCUT2D eigenvalue weighted by Gasteiger charge is -2.33. The first-order chi connectivity index (χ1) is 9.85. The molecule has 0 atom stereocenters. The van der Waals surface area contributed by atoms with Crippen LogP contribution in [0.1, 0.15) is 38.4 Å². The highest BCUT2D eigenvalue weighted by atomic mass is 16.5. The number of aryl methyl sites for hydroxylation is 1. The fourth-order valence-corrected chi connectivity index (χ4v) is 2.54. The predicted octanol–water partition coefficient (Wildman–Crippen LogP) is 0.978. The highest BCUT2D eigenvalue weighted by Crippen LogP contribution is 2.17. The van der Waals surface area contributed by atoms with E-state index in [0.717, 1.165) is 51.4 Å². The lowest BCUT2D eigenvalue weighted by molar-refractivity contribution is 0.0303. The summed E-state index contributed by atoms with van der Waals surface area (Å²) in [5.74, 6) is 0.885. The molecule has 0 amide bonds. The van der Waals surface area contributed by atoms with Crippen LogP contribution >= 0.6 is 0 Å². The van der Waals surface area contributed by atoms with Crippen molar-refractivity contribution in [2.75, 3.05) is 19.8 Å². The van der Waals surface area contributed by atoms with Crippen molar-refractivity contribution in [3.8, 4) is 6.07 Å². The molecule has 1 fully saturated rings. The molecule has 0 aliphatic carbocycles. The molecule has 0 aromatic carbocycles. The summed E-state index contributed by atoms with van der Waals surface area (Å²) in [7, 11) is 0. The molecule has 2 rings (SSSR count). The quantitative estimate of drug-likeness (QED) is 0.739. The van der Waals surface area contributed by atoms with Gasteiger partial charge in [-0.3, -0.25) is 4.90 Å². The summed E-state index contributed by atoms with van der Waals surface area (Å²) in [4.78, 5) is 2.32. The predicted molar refractivity (Wildman–Crippen MR) is 72.6 cm³/mol. The molecule has 0 unspecified atom stereocenters. The van der Waals surface area contributed by atoms with E-state index in [1.165, 1.54) is 0 Å². The molecule has 0 N–H and O–H groups in total. The number of aromatic nitrogens is 4. The van der Waals surface area contributed by atoms with Gasteiger partial charge in [-0.15, -0.1) is 5.10 Å². The van der Waals surface area contributed by atoms with E-state index in [2.05, 4.69) is 33.4 Å². The smallest absolute Gasteiger partial charge is 0.165 e. The number of nitrogens with zero attached hydrogens (tertiary/aromatic N) is 6. The van der Waals surface area contributed by atoms with E-state index < -0.39 is 0 Å². The lowest BCUT2D eigenvalue weighted by Crippen LogP contribution is -2.40. The van der Waals surface area contributed by atoms with Crippen LogP contribution in [0.4, 0.5) is 0 Å². The van der Waals surface area contributed by atoms with E-state index in [-0.39, 0.29) is 0 Å². The van der Waals surface area contributed by atoms with Crippen LogP contribution in [-0.4, -0.2) is 50.9 Å². The zero-order valence-corrected chi connectivity index (χ0v) is 12.0. The molecule has 0 bridgehead atoms. The first-order valence-corrected chi connectivity index (χ1v) is 7.29. The van der Waals surface area contributed by atoms with Crippen LogP contribution in [0, 0.1) is 11.3 Å². The molecule has 0 saturated carbocycles. The Balaban J connectivity index is 2.02. The Hall–Kier alpha value is -1.52. The van der Waals surface area contributed by atoms with Crippen molar-refractivity contribution in [1.82, 2.24) is 25.1 Å². The molecule has 1 saturated heterocycles. The molecule has 7 nitrogen and oxygen atoms in total. The number of tetrazole rings is 1. The van der Waals surface area contributed by atoms with Gasteiger partial charge in [0.05, 0.1) is 12.6 Å². The average molecular weight is 278 g/mol. The maximum Gasteiger partial charge on any atom is 0.165 e. The maximum absolute atomic E-state index is 8.83. The van der Waals surface area contributed by atoms with Crippen molar-refractivity contribution in [2.45, 2.75) is 51.7 Å². The SMILES string of the molecule is CCCn1nnnc1CN(CCC#N)C1CCOCC1. The summed E-state index contributed by atoms with van der Waals surface area (Å²) in [5.41, 5.74) is 0. The standard InChI is InChI=1S/C13H22N6O/c1-2-7-19-13(15-16-17-19)11-18(8-3-6-14)12-4-9-20-10-5-12/h12H,2-5,7-11H2,1H3. The summed E-state index contributed by atoms with van der Waals surface area (Å²) in [6, 6.07) is 2.69. The summed E-state index contributed by atoms with van der Waals surface area (Å²) in [6.45, 7) is 6.01. The molecule has 2 heterocycles. The van der Waals surface area contributed by atoms with Gasteiger partial charge in [0.25, 0.3) is 0 Å². The van der Waals surface area contributed by atoms with Crippen LogP contribution in [0.3, 0.4) is 0 Å². The van der Waals surface area contributed by atoms with Gasteiger partial charge >= 0.3 is 0 Å². The minimum absolute atomic E-state index is 0.462. The first kappa shape index (κ1) is 14.9. The van der Waals surface area contributed by atoms with E-state index in [0.29, 0.717) is 19.0 Å². The van der Waals surface area contributed by atoms with Gasteiger partial charge in [0, 0.05) is 38.8 Å². The minimum atomic E-state index is 0.462. The van der Waals surface area contributed by atoms with Gasteiger partial charge in [0.2, 0.25) is 0 Å². The van der Waals surface area contributed by atoms with Crippen LogP contribution in [-0.2, 0) is 17.8 Å². The fraction of sp³-hybridized carbons (Fsp3) is 0.846. The van der Waals surface area contributed by atoms with Crippen LogP contribution in [0.15, 0.2) is 0 Å². The molecule has 1 aliphatic rings. The largest absolute Gasteiger partial charge is 0.381 e. The van der Waals surface area contributed by atoms with Crippen molar-refractivity contribution in [1.29, 1.82) is 5.26 Å². The topological polar surface area (TPSA) is 79.9 Å². The second-order valence-corrected chi connectivity index (χ2v) is 5.04. The molecule has 1 aromatic rings. The average Bonchev–Trinajstić information content (AvgIpc) is 2.92. The Morgan fingerprint density at radius 2 is 2.25 bits per heavy atom. The normalized spacial score (nSPS) is 16.4. The van der Waals surface area contributed by atoms with Gasteiger partial charge in [-0.2, -0.15) is 5.26 Å². The molecule has 7 heteroatoms. The lowest BCUT2D eigenvalue weighted by atomic mass is 10.1. The maximum atomic E-state index is 8.83. The zero-order valence-electron chi connectivity index (χ0n) is 12.0. The molecular formula is C13H22N6O. The van der Waals surface area contributed by atoms with E-state index in [9.17, 15) is 0 Å². The van der Waals surface area contributed by atoms with Crippen molar-refractivity contribution < 1.29 is 4.74 Å². The van der Waals surface area contributed by atoms with Gasteiger partial charge in [-0.1, -0.05) is 6.92 Å². The number of hydrogen-bond acceptors (Lipinski definition) is 6. The molecule has 110 valence electrons. The summed E-state index contributed by atoms with van der Waals surface area (Å²) >= 11 is 0. The third-order valence-corrected chi connectivity index (χ3v) is 3.60. The monoisotopic (exact) mass is 278 g/mol. The van der Waals surface area contributed by atoms with Gasteiger partial charge < -0.3 is 4.74 Å². The van der Waals surface area contributed by atoms with E-state index in [1.54, 1.807) is 0 Å². The van der Waals surface area contributed by atoms with Gasteiger partial charge in [0.15, 0.2) is 5.82 Å². The highest BCUT2D eigenvalue weighted by Gasteiger charge is 2.23. The highest BCUT2D eigenvalue weighted by molar-refractivity contribution is 4.86. The van der Waals surface area contributed by atoms with E-state index in [1.807, 2.05) is 4.68 Å². The van der Waals surface area contributed by atoms with Crippen molar-refractivity contribution in [2.24, 2.45) is 0 Å². The summed E-state index contributed by atoms with van der Waals surface area (Å²) in [5, 5.41) is 20.7.